The van der Waals surface area contributed by atoms with Crippen LogP contribution in [0.1, 0.15) is 16.8 Å². The van der Waals surface area contributed by atoms with Crippen molar-refractivity contribution in [1.29, 1.82) is 0 Å². The lowest BCUT2D eigenvalue weighted by Gasteiger charge is -2.12. The van der Waals surface area contributed by atoms with Gasteiger partial charge in [0.05, 0.1) is 18.4 Å². The molecule has 0 aliphatic heterocycles. The zero-order valence-corrected chi connectivity index (χ0v) is 19.0. The molecule has 0 saturated carbocycles. The fraction of sp³-hybridized carbons (Fsp3) is 0.160. The molecule has 0 spiro atoms. The van der Waals surface area contributed by atoms with E-state index in [9.17, 15) is 0 Å². The van der Waals surface area contributed by atoms with E-state index in [1.165, 1.54) is 11.1 Å². The standard InChI is InChI=1S/C25H23N5OS/c1-17-8-11-20(12-9-17)30-24(21-6-4-5-7-22(21)31-3)27-28-25(30)32-16-19-15-29-14-18(2)10-13-23(29)26-19/h4-15H,16H2,1-3H3. The number of imidazole rings is 1. The van der Waals surface area contributed by atoms with Crippen molar-refractivity contribution < 1.29 is 4.74 Å². The molecule has 7 heteroatoms. The molecule has 0 N–H and O–H groups in total. The van der Waals surface area contributed by atoms with Crippen LogP contribution in [0.3, 0.4) is 0 Å². The summed E-state index contributed by atoms with van der Waals surface area (Å²) in [4.78, 5) is 4.74. The Morgan fingerprint density at radius 2 is 1.66 bits per heavy atom. The number of rotatable bonds is 6. The van der Waals surface area contributed by atoms with Crippen molar-refractivity contribution in [1.82, 2.24) is 24.1 Å². The van der Waals surface area contributed by atoms with Crippen LogP contribution in [0.2, 0.25) is 0 Å². The lowest BCUT2D eigenvalue weighted by molar-refractivity contribution is 0.416. The first-order chi connectivity index (χ1) is 15.6. The molecule has 0 aliphatic carbocycles. The van der Waals surface area contributed by atoms with Crippen molar-refractivity contribution >= 4 is 17.4 Å². The zero-order valence-electron chi connectivity index (χ0n) is 18.2. The number of nitrogens with zero attached hydrogens (tertiary/aromatic N) is 5. The van der Waals surface area contributed by atoms with Gasteiger partial charge in [0.2, 0.25) is 0 Å². The van der Waals surface area contributed by atoms with E-state index in [1.54, 1.807) is 18.9 Å². The first-order valence-electron chi connectivity index (χ1n) is 10.4. The second-order valence-electron chi connectivity index (χ2n) is 7.67. The summed E-state index contributed by atoms with van der Waals surface area (Å²) in [5, 5.41) is 9.89. The summed E-state index contributed by atoms with van der Waals surface area (Å²) >= 11 is 1.62. The van der Waals surface area contributed by atoms with E-state index >= 15 is 0 Å². The van der Waals surface area contributed by atoms with Crippen LogP contribution < -0.4 is 4.74 Å². The van der Waals surface area contributed by atoms with Gasteiger partial charge in [-0.2, -0.15) is 0 Å². The van der Waals surface area contributed by atoms with E-state index in [1.807, 2.05) is 30.3 Å². The molecular weight excluding hydrogens is 418 g/mol. The Morgan fingerprint density at radius 3 is 2.47 bits per heavy atom. The molecule has 0 atom stereocenters. The van der Waals surface area contributed by atoms with Crippen LogP contribution in [0, 0.1) is 13.8 Å². The molecule has 160 valence electrons. The van der Waals surface area contributed by atoms with Gasteiger partial charge in [-0.3, -0.25) is 4.57 Å². The van der Waals surface area contributed by atoms with Crippen molar-refractivity contribution in [2.24, 2.45) is 0 Å². The highest BCUT2D eigenvalue weighted by Gasteiger charge is 2.19. The van der Waals surface area contributed by atoms with Gasteiger partial charge in [0, 0.05) is 23.8 Å². The van der Waals surface area contributed by atoms with Gasteiger partial charge in [-0.25, -0.2) is 4.98 Å². The lowest BCUT2D eigenvalue weighted by atomic mass is 10.1. The van der Waals surface area contributed by atoms with Crippen molar-refractivity contribution in [3.05, 3.63) is 89.9 Å². The molecule has 0 aliphatic rings. The number of hydrogen-bond acceptors (Lipinski definition) is 5. The summed E-state index contributed by atoms with van der Waals surface area (Å²) in [5.41, 5.74) is 6.26. The Kier molecular flexibility index (Phi) is 5.41. The summed E-state index contributed by atoms with van der Waals surface area (Å²) in [6.07, 6.45) is 4.16. The van der Waals surface area contributed by atoms with Gasteiger partial charge >= 0.3 is 0 Å². The minimum absolute atomic E-state index is 0.691. The van der Waals surface area contributed by atoms with Crippen LogP contribution in [0.5, 0.6) is 5.75 Å². The van der Waals surface area contributed by atoms with E-state index < -0.39 is 0 Å². The first-order valence-corrected chi connectivity index (χ1v) is 11.3. The fourth-order valence-corrected chi connectivity index (χ4v) is 4.49. The molecule has 32 heavy (non-hydrogen) atoms. The number of thioether (sulfide) groups is 1. The molecule has 6 nitrogen and oxygen atoms in total. The number of benzene rings is 2. The maximum Gasteiger partial charge on any atom is 0.196 e. The van der Waals surface area contributed by atoms with Gasteiger partial charge in [-0.1, -0.05) is 47.7 Å². The summed E-state index contributed by atoms with van der Waals surface area (Å²) in [5.74, 6) is 2.20. The third-order valence-corrected chi connectivity index (χ3v) is 6.23. The number of aryl methyl sites for hydroxylation is 2. The normalized spacial score (nSPS) is 11.2. The molecule has 2 aromatic carbocycles. The smallest absolute Gasteiger partial charge is 0.196 e. The Hall–Kier alpha value is -3.58. The third kappa shape index (κ3) is 3.87. The highest BCUT2D eigenvalue weighted by Crippen LogP contribution is 2.34. The summed E-state index contributed by atoms with van der Waals surface area (Å²) in [6.45, 7) is 4.16. The Balaban J connectivity index is 1.54. The molecule has 0 fully saturated rings. The van der Waals surface area contributed by atoms with E-state index in [4.69, 9.17) is 9.72 Å². The predicted molar refractivity (Wildman–Crippen MR) is 128 cm³/mol. The van der Waals surface area contributed by atoms with E-state index in [0.717, 1.165) is 39.3 Å². The minimum atomic E-state index is 0.691. The fourth-order valence-electron chi connectivity index (χ4n) is 3.66. The van der Waals surface area contributed by atoms with E-state index in [2.05, 4.69) is 75.7 Å². The largest absolute Gasteiger partial charge is 0.496 e. The van der Waals surface area contributed by atoms with Gasteiger partial charge in [-0.05, 0) is 49.7 Å². The second-order valence-corrected chi connectivity index (χ2v) is 8.61. The summed E-state index contributed by atoms with van der Waals surface area (Å²) in [6, 6.07) is 20.4. The Labute approximate surface area is 190 Å². The van der Waals surface area contributed by atoms with E-state index in [-0.39, 0.29) is 0 Å². The van der Waals surface area contributed by atoms with Crippen molar-refractivity contribution in [3.63, 3.8) is 0 Å². The monoisotopic (exact) mass is 441 g/mol. The maximum atomic E-state index is 5.59. The average Bonchev–Trinajstić information content (AvgIpc) is 3.41. The molecule has 0 bridgehead atoms. The third-order valence-electron chi connectivity index (χ3n) is 5.27. The van der Waals surface area contributed by atoms with Crippen LogP contribution in [-0.4, -0.2) is 31.3 Å². The molecule has 0 amide bonds. The Bertz CT molecular complexity index is 1390. The molecular formula is C25H23N5OS. The van der Waals surface area contributed by atoms with E-state index in [0.29, 0.717) is 5.75 Å². The molecule has 3 heterocycles. The van der Waals surface area contributed by atoms with Crippen molar-refractivity contribution in [2.45, 2.75) is 24.8 Å². The number of methoxy groups -OCH3 is 1. The van der Waals surface area contributed by atoms with Crippen LogP contribution in [-0.2, 0) is 5.75 Å². The molecule has 0 saturated heterocycles. The summed E-state index contributed by atoms with van der Waals surface area (Å²) in [7, 11) is 1.67. The summed E-state index contributed by atoms with van der Waals surface area (Å²) < 4.78 is 9.74. The van der Waals surface area contributed by atoms with Gasteiger partial charge in [-0.15, -0.1) is 10.2 Å². The number of ether oxygens (including phenoxy) is 1. The number of pyridine rings is 1. The zero-order chi connectivity index (χ0) is 22.1. The number of aromatic nitrogens is 5. The Morgan fingerprint density at radius 1 is 0.875 bits per heavy atom. The second kappa shape index (κ2) is 8.51. The molecule has 5 aromatic rings. The van der Waals surface area contributed by atoms with Gasteiger partial charge in [0.15, 0.2) is 11.0 Å². The van der Waals surface area contributed by atoms with Gasteiger partial charge < -0.3 is 9.14 Å². The predicted octanol–water partition coefficient (Wildman–Crippen LogP) is 5.50. The van der Waals surface area contributed by atoms with Gasteiger partial charge in [0.1, 0.15) is 11.4 Å². The van der Waals surface area contributed by atoms with Crippen molar-refractivity contribution in [3.8, 4) is 22.8 Å². The van der Waals surface area contributed by atoms with Crippen LogP contribution >= 0.6 is 11.8 Å². The SMILES string of the molecule is COc1ccccc1-c1nnc(SCc2cn3cc(C)ccc3n2)n1-c1ccc(C)cc1. The number of fused-ring (bicyclic) bond motifs is 1. The van der Waals surface area contributed by atoms with Crippen LogP contribution in [0.15, 0.2) is 78.2 Å². The quantitative estimate of drug-likeness (QED) is 0.326. The lowest BCUT2D eigenvalue weighted by Crippen LogP contribution is -2.01. The van der Waals surface area contributed by atoms with Gasteiger partial charge in [0.25, 0.3) is 0 Å². The molecule has 0 unspecified atom stereocenters. The molecule has 5 rings (SSSR count). The number of hydrogen-bond donors (Lipinski definition) is 0. The minimum Gasteiger partial charge on any atom is -0.496 e. The highest BCUT2D eigenvalue weighted by molar-refractivity contribution is 7.98. The highest BCUT2D eigenvalue weighted by atomic mass is 32.2. The number of para-hydroxylation sites is 1. The topological polar surface area (TPSA) is 57.2 Å². The first kappa shape index (κ1) is 20.3. The van der Waals surface area contributed by atoms with Crippen molar-refractivity contribution in [2.75, 3.05) is 7.11 Å². The van der Waals surface area contributed by atoms with Crippen LogP contribution in [0.4, 0.5) is 0 Å². The molecule has 0 radical (unpaired) electrons. The van der Waals surface area contributed by atoms with Crippen LogP contribution in [0.25, 0.3) is 22.7 Å². The molecule has 3 aromatic heterocycles. The average molecular weight is 442 g/mol. The maximum absolute atomic E-state index is 5.59.